The lowest BCUT2D eigenvalue weighted by Gasteiger charge is -2.28. The predicted molar refractivity (Wildman–Crippen MR) is 73.9 cm³/mol. The van der Waals surface area contributed by atoms with E-state index in [1.165, 1.54) is 17.7 Å². The summed E-state index contributed by atoms with van der Waals surface area (Å²) in [5, 5.41) is 3.12. The van der Waals surface area contributed by atoms with Crippen molar-refractivity contribution in [3.8, 4) is 0 Å². The van der Waals surface area contributed by atoms with Crippen LogP contribution in [0.25, 0.3) is 0 Å². The Kier molecular flexibility index (Phi) is 4.02. The van der Waals surface area contributed by atoms with Gasteiger partial charge in [0.05, 0.1) is 13.6 Å². The Morgan fingerprint density at radius 3 is 2.56 bits per heavy atom. The molecule has 1 fully saturated rings. The van der Waals surface area contributed by atoms with Crippen LogP contribution in [-0.2, 0) is 4.79 Å². The Bertz CT molecular complexity index is 422. The number of nitrogens with one attached hydrogen (secondary N) is 2. The quantitative estimate of drug-likeness (QED) is 0.812. The van der Waals surface area contributed by atoms with Crippen LogP contribution in [0.1, 0.15) is 30.4 Å². The number of para-hydroxylation sites is 1. The van der Waals surface area contributed by atoms with Gasteiger partial charge in [0.2, 0.25) is 0 Å². The number of likely N-dealkylation sites (tertiary alicyclic amines) is 1. The number of piperidine rings is 1. The topological polar surface area (TPSA) is 33.5 Å². The summed E-state index contributed by atoms with van der Waals surface area (Å²) in [6.07, 6.45) is 3.41. The number of anilines is 1. The normalized spacial score (nSPS) is 23.7. The van der Waals surface area contributed by atoms with Gasteiger partial charge in [-0.25, -0.2) is 0 Å². The van der Waals surface area contributed by atoms with E-state index in [-0.39, 0.29) is 11.9 Å². The van der Waals surface area contributed by atoms with Gasteiger partial charge in [0.1, 0.15) is 0 Å². The number of hydrogen-bond acceptors (Lipinski definition) is 1. The van der Waals surface area contributed by atoms with Gasteiger partial charge in [0.15, 0.2) is 6.04 Å². The summed E-state index contributed by atoms with van der Waals surface area (Å²) in [5.74, 6) is 0.171. The summed E-state index contributed by atoms with van der Waals surface area (Å²) < 4.78 is 0. The van der Waals surface area contributed by atoms with Crippen molar-refractivity contribution in [1.29, 1.82) is 0 Å². The molecular formula is C15H23N2O+. The highest BCUT2D eigenvalue weighted by molar-refractivity contribution is 5.95. The summed E-state index contributed by atoms with van der Waals surface area (Å²) in [7, 11) is 2.12. The zero-order valence-corrected chi connectivity index (χ0v) is 11.5. The molecule has 3 heteroatoms. The number of carbonyl (C=O) groups is 1. The van der Waals surface area contributed by atoms with E-state index in [0.29, 0.717) is 0 Å². The summed E-state index contributed by atoms with van der Waals surface area (Å²) in [6, 6.07) is 6.22. The fraction of sp³-hybridized carbons (Fsp3) is 0.533. The average molecular weight is 247 g/mol. The third kappa shape index (κ3) is 2.72. The molecule has 0 radical (unpaired) electrons. The van der Waals surface area contributed by atoms with Gasteiger partial charge < -0.3 is 10.2 Å². The maximum Gasteiger partial charge on any atom is 0.282 e. The van der Waals surface area contributed by atoms with Gasteiger partial charge in [-0.1, -0.05) is 18.2 Å². The maximum absolute atomic E-state index is 12.4. The first kappa shape index (κ1) is 13.1. The zero-order valence-electron chi connectivity index (χ0n) is 11.5. The molecule has 1 aromatic carbocycles. The molecular weight excluding hydrogens is 224 g/mol. The van der Waals surface area contributed by atoms with Crippen LogP contribution in [0.5, 0.6) is 0 Å². The molecule has 0 aliphatic carbocycles. The molecule has 0 spiro atoms. The minimum absolute atomic E-state index is 0.109. The standard InChI is InChI=1S/C15H22N2O/c1-11-7-6-8-12(2)14(11)16-15(18)13-9-4-5-10-17(13)3/h6-8,13H,4-5,9-10H2,1-3H3,(H,16,18)/p+1/t13-/m1/s1. The molecule has 1 unspecified atom stereocenters. The molecule has 1 aliphatic rings. The molecule has 0 aromatic heterocycles. The second-order valence-electron chi connectivity index (χ2n) is 5.40. The van der Waals surface area contributed by atoms with Gasteiger partial charge in [0.25, 0.3) is 5.91 Å². The Morgan fingerprint density at radius 2 is 1.94 bits per heavy atom. The molecule has 1 saturated heterocycles. The van der Waals surface area contributed by atoms with Crippen molar-refractivity contribution in [2.45, 2.75) is 39.2 Å². The molecule has 1 aliphatic heterocycles. The first-order valence-corrected chi connectivity index (χ1v) is 6.79. The van der Waals surface area contributed by atoms with Crippen molar-refractivity contribution < 1.29 is 9.69 Å². The number of benzene rings is 1. The molecule has 1 amide bonds. The highest BCUT2D eigenvalue weighted by Crippen LogP contribution is 2.19. The Labute approximate surface area is 109 Å². The number of amides is 1. The minimum Gasteiger partial charge on any atom is -0.327 e. The number of quaternary nitrogens is 1. The lowest BCUT2D eigenvalue weighted by Crippen LogP contribution is -3.15. The molecule has 2 atom stereocenters. The van der Waals surface area contributed by atoms with Crippen LogP contribution in [0, 0.1) is 13.8 Å². The smallest absolute Gasteiger partial charge is 0.282 e. The van der Waals surface area contributed by atoms with Crippen molar-refractivity contribution in [2.24, 2.45) is 0 Å². The third-order valence-corrected chi connectivity index (χ3v) is 3.95. The van der Waals surface area contributed by atoms with Gasteiger partial charge in [-0.2, -0.15) is 0 Å². The lowest BCUT2D eigenvalue weighted by atomic mass is 10.0. The highest BCUT2D eigenvalue weighted by Gasteiger charge is 2.29. The first-order chi connectivity index (χ1) is 8.59. The Morgan fingerprint density at radius 1 is 1.28 bits per heavy atom. The minimum atomic E-state index is 0.109. The second kappa shape index (κ2) is 5.53. The van der Waals surface area contributed by atoms with E-state index in [9.17, 15) is 4.79 Å². The molecule has 2 rings (SSSR count). The van der Waals surface area contributed by atoms with Crippen LogP contribution in [0.15, 0.2) is 18.2 Å². The number of rotatable bonds is 2. The third-order valence-electron chi connectivity index (χ3n) is 3.95. The number of carbonyl (C=O) groups excluding carboxylic acids is 1. The summed E-state index contributed by atoms with van der Waals surface area (Å²) in [6.45, 7) is 5.19. The van der Waals surface area contributed by atoms with Gasteiger partial charge in [-0.3, -0.25) is 4.79 Å². The van der Waals surface area contributed by atoms with E-state index in [2.05, 4.69) is 12.4 Å². The fourth-order valence-electron chi connectivity index (χ4n) is 2.75. The van der Waals surface area contributed by atoms with Crippen molar-refractivity contribution >= 4 is 11.6 Å². The molecule has 2 N–H and O–H groups in total. The molecule has 98 valence electrons. The molecule has 3 nitrogen and oxygen atoms in total. The summed E-state index contributed by atoms with van der Waals surface area (Å²) >= 11 is 0. The zero-order chi connectivity index (χ0) is 13.1. The maximum atomic E-state index is 12.4. The molecule has 1 heterocycles. The predicted octanol–water partition coefficient (Wildman–Crippen LogP) is 1.31. The second-order valence-corrected chi connectivity index (χ2v) is 5.40. The number of hydrogen-bond donors (Lipinski definition) is 2. The molecule has 1 aromatic rings. The van der Waals surface area contributed by atoms with Gasteiger partial charge in [-0.15, -0.1) is 0 Å². The van der Waals surface area contributed by atoms with Crippen LogP contribution in [0.3, 0.4) is 0 Å². The van der Waals surface area contributed by atoms with E-state index < -0.39 is 0 Å². The largest absolute Gasteiger partial charge is 0.327 e. The Balaban J connectivity index is 2.11. The van der Waals surface area contributed by atoms with Crippen molar-refractivity contribution in [2.75, 3.05) is 18.9 Å². The van der Waals surface area contributed by atoms with Crippen LogP contribution >= 0.6 is 0 Å². The molecule has 0 bridgehead atoms. The fourth-order valence-corrected chi connectivity index (χ4v) is 2.75. The lowest BCUT2D eigenvalue weighted by molar-refractivity contribution is -0.901. The van der Waals surface area contributed by atoms with Crippen LogP contribution in [0.2, 0.25) is 0 Å². The van der Waals surface area contributed by atoms with Gasteiger partial charge in [-0.05, 0) is 37.8 Å². The molecule has 18 heavy (non-hydrogen) atoms. The number of likely N-dealkylation sites (N-methyl/N-ethyl adjacent to an activating group) is 1. The number of aryl methyl sites for hydroxylation is 2. The van der Waals surface area contributed by atoms with Crippen LogP contribution < -0.4 is 10.2 Å². The van der Waals surface area contributed by atoms with Crippen LogP contribution in [0.4, 0.5) is 5.69 Å². The first-order valence-electron chi connectivity index (χ1n) is 6.79. The monoisotopic (exact) mass is 247 g/mol. The SMILES string of the molecule is Cc1cccc(C)c1NC(=O)[C@H]1CCCC[NH+]1C. The van der Waals surface area contributed by atoms with E-state index in [1.54, 1.807) is 0 Å². The van der Waals surface area contributed by atoms with Crippen molar-refractivity contribution in [1.82, 2.24) is 0 Å². The van der Waals surface area contributed by atoms with E-state index >= 15 is 0 Å². The van der Waals surface area contributed by atoms with E-state index in [4.69, 9.17) is 0 Å². The van der Waals surface area contributed by atoms with E-state index in [0.717, 1.165) is 29.8 Å². The summed E-state index contributed by atoms with van der Waals surface area (Å²) in [4.78, 5) is 13.7. The van der Waals surface area contributed by atoms with Crippen LogP contribution in [-0.4, -0.2) is 25.5 Å². The highest BCUT2D eigenvalue weighted by atomic mass is 16.2. The summed E-state index contributed by atoms with van der Waals surface area (Å²) in [5.41, 5.74) is 3.26. The molecule has 0 saturated carbocycles. The van der Waals surface area contributed by atoms with Crippen molar-refractivity contribution in [3.63, 3.8) is 0 Å². The van der Waals surface area contributed by atoms with Crippen molar-refractivity contribution in [3.05, 3.63) is 29.3 Å². The van der Waals surface area contributed by atoms with E-state index in [1.807, 2.05) is 32.0 Å². The Hall–Kier alpha value is -1.35. The van der Waals surface area contributed by atoms with Gasteiger partial charge in [0, 0.05) is 12.1 Å². The average Bonchev–Trinajstić information content (AvgIpc) is 2.34. The van der Waals surface area contributed by atoms with Gasteiger partial charge >= 0.3 is 0 Å².